The maximum absolute atomic E-state index is 13.2. The Bertz CT molecular complexity index is 653. The van der Waals surface area contributed by atoms with Gasteiger partial charge in [0.25, 0.3) is 0 Å². The van der Waals surface area contributed by atoms with Crippen LogP contribution in [0, 0.1) is 23.7 Å². The third kappa shape index (κ3) is 3.53. The van der Waals surface area contributed by atoms with Crippen molar-refractivity contribution in [2.75, 3.05) is 6.61 Å². The topological polar surface area (TPSA) is 88.1 Å². The van der Waals surface area contributed by atoms with Crippen LogP contribution in [0.3, 0.4) is 0 Å². The maximum atomic E-state index is 13.2. The second kappa shape index (κ2) is 6.87. The highest BCUT2D eigenvalue weighted by Crippen LogP contribution is 2.59. The zero-order valence-corrected chi connectivity index (χ0v) is 15.4. The average molecular weight is 463 g/mol. The number of fused-ring (bicyclic) bond motifs is 1. The van der Waals surface area contributed by atoms with E-state index in [1.54, 1.807) is 15.9 Å². The number of hydrogen-bond acceptors (Lipinski definition) is 7. The minimum absolute atomic E-state index is 0.353. The van der Waals surface area contributed by atoms with Gasteiger partial charge in [-0.1, -0.05) is 0 Å². The molecule has 6 atom stereocenters. The molecule has 1 heterocycles. The molecule has 3 rings (SSSR count). The van der Waals surface area contributed by atoms with Gasteiger partial charge in [-0.2, -0.15) is 22.4 Å². The van der Waals surface area contributed by atoms with Crippen molar-refractivity contribution in [1.29, 1.82) is 0 Å². The highest BCUT2D eigenvalue weighted by atomic mass is 79.9. The monoisotopic (exact) mass is 462 g/mol. The SMILES string of the molecule is CC(=O)OOC1C2CC3C1OC(=O)C3C2C(=O)OCCC(F)(F)C(F)(F)Br. The van der Waals surface area contributed by atoms with Crippen molar-refractivity contribution in [3.05, 3.63) is 0 Å². The standard InChI is InChI=1S/C15H15BrF4O7/c1-5(21)26-27-11-7-4-6-9(13(23)25-10(6)11)8(7)12(22)24-3-2-14(17,18)15(16,19)20/h6-11H,2-4H2,1H3. The third-order valence-electron chi connectivity index (χ3n) is 5.17. The van der Waals surface area contributed by atoms with Crippen LogP contribution in [0.2, 0.25) is 0 Å². The Morgan fingerprint density at radius 1 is 1.26 bits per heavy atom. The number of hydrogen-bond donors (Lipinski definition) is 0. The van der Waals surface area contributed by atoms with E-state index < -0.39 is 71.7 Å². The van der Waals surface area contributed by atoms with E-state index in [1.807, 2.05) is 0 Å². The zero-order valence-electron chi connectivity index (χ0n) is 13.8. The summed E-state index contributed by atoms with van der Waals surface area (Å²) in [6.45, 7) is 0.143. The summed E-state index contributed by atoms with van der Waals surface area (Å²) in [7, 11) is 0. The van der Waals surface area contributed by atoms with Gasteiger partial charge in [0.15, 0.2) is 0 Å². The quantitative estimate of drug-likeness (QED) is 0.188. The van der Waals surface area contributed by atoms with Crippen molar-refractivity contribution in [2.45, 2.75) is 42.7 Å². The number of ether oxygens (including phenoxy) is 2. The van der Waals surface area contributed by atoms with Crippen molar-refractivity contribution >= 4 is 33.8 Å². The first-order chi connectivity index (χ1) is 12.4. The predicted octanol–water partition coefficient (Wildman–Crippen LogP) is 2.21. The van der Waals surface area contributed by atoms with Crippen LogP contribution in [0.25, 0.3) is 0 Å². The number of esters is 2. The number of carbonyl (C=O) groups is 3. The molecule has 7 nitrogen and oxygen atoms in total. The molecular formula is C15H15BrF4O7. The highest BCUT2D eigenvalue weighted by Gasteiger charge is 2.70. The van der Waals surface area contributed by atoms with Gasteiger partial charge in [0.05, 0.1) is 24.9 Å². The molecule has 6 unspecified atom stereocenters. The van der Waals surface area contributed by atoms with Crippen LogP contribution in [0.15, 0.2) is 0 Å². The molecule has 2 aliphatic carbocycles. The van der Waals surface area contributed by atoms with Gasteiger partial charge in [-0.05, 0) is 22.4 Å². The number of halogens is 5. The molecule has 3 fully saturated rings. The second-order valence-electron chi connectivity index (χ2n) is 6.77. The molecule has 0 aromatic heterocycles. The molecule has 1 saturated heterocycles. The first kappa shape index (κ1) is 20.3. The first-order valence-corrected chi connectivity index (χ1v) is 8.89. The van der Waals surface area contributed by atoms with Crippen LogP contribution in [0.5, 0.6) is 0 Å². The molecule has 0 N–H and O–H groups in total. The second-order valence-corrected chi connectivity index (χ2v) is 7.77. The van der Waals surface area contributed by atoms with E-state index in [0.717, 1.165) is 6.92 Å². The fraction of sp³-hybridized carbons (Fsp3) is 0.800. The van der Waals surface area contributed by atoms with Crippen LogP contribution in [-0.4, -0.2) is 47.5 Å². The smallest absolute Gasteiger partial charge is 0.363 e. The average Bonchev–Trinajstić information content (AvgIpc) is 3.13. The molecule has 0 amide bonds. The van der Waals surface area contributed by atoms with E-state index in [9.17, 15) is 31.9 Å². The minimum Gasteiger partial charge on any atom is -0.465 e. The Balaban J connectivity index is 1.64. The van der Waals surface area contributed by atoms with Crippen LogP contribution in [-0.2, 0) is 33.6 Å². The minimum atomic E-state index is -4.44. The zero-order chi connectivity index (χ0) is 20.1. The third-order valence-corrected chi connectivity index (χ3v) is 5.75. The van der Waals surface area contributed by atoms with Gasteiger partial charge in [0, 0.05) is 18.8 Å². The molecule has 0 spiro atoms. The number of alkyl halides is 5. The summed E-state index contributed by atoms with van der Waals surface area (Å²) in [6, 6.07) is 0. The van der Waals surface area contributed by atoms with E-state index >= 15 is 0 Å². The molecular weight excluding hydrogens is 448 g/mol. The molecule has 0 aromatic rings. The molecule has 27 heavy (non-hydrogen) atoms. The fourth-order valence-electron chi connectivity index (χ4n) is 4.08. The molecule has 1 aliphatic heterocycles. The summed E-state index contributed by atoms with van der Waals surface area (Å²) >= 11 is 1.59. The summed E-state index contributed by atoms with van der Waals surface area (Å²) in [5.41, 5.74) is 0. The summed E-state index contributed by atoms with van der Waals surface area (Å²) in [5, 5.41) is 0. The van der Waals surface area contributed by atoms with Crippen LogP contribution in [0.1, 0.15) is 19.8 Å². The van der Waals surface area contributed by atoms with E-state index in [-0.39, 0.29) is 5.92 Å². The summed E-state index contributed by atoms with van der Waals surface area (Å²) in [4.78, 5) is 40.4. The van der Waals surface area contributed by atoms with Crippen LogP contribution >= 0.6 is 15.9 Å². The van der Waals surface area contributed by atoms with Gasteiger partial charge in [-0.15, -0.1) is 0 Å². The summed E-state index contributed by atoms with van der Waals surface area (Å²) < 4.78 is 61.8. The number of rotatable bonds is 7. The molecule has 3 aliphatic rings. The van der Waals surface area contributed by atoms with Crippen molar-refractivity contribution < 1.29 is 51.2 Å². The molecule has 0 radical (unpaired) electrons. The van der Waals surface area contributed by atoms with Gasteiger partial charge >= 0.3 is 28.7 Å². The fourth-order valence-corrected chi connectivity index (χ4v) is 4.28. The van der Waals surface area contributed by atoms with E-state index in [2.05, 4.69) is 4.89 Å². The maximum Gasteiger partial charge on any atom is 0.363 e. The largest absolute Gasteiger partial charge is 0.465 e. The molecule has 12 heteroatoms. The Morgan fingerprint density at radius 3 is 2.52 bits per heavy atom. The van der Waals surface area contributed by atoms with Crippen molar-refractivity contribution in [2.24, 2.45) is 23.7 Å². The van der Waals surface area contributed by atoms with Crippen LogP contribution in [0.4, 0.5) is 17.6 Å². The van der Waals surface area contributed by atoms with Crippen molar-refractivity contribution in [3.8, 4) is 0 Å². The van der Waals surface area contributed by atoms with Crippen molar-refractivity contribution in [3.63, 3.8) is 0 Å². The lowest BCUT2D eigenvalue weighted by molar-refractivity contribution is -0.316. The van der Waals surface area contributed by atoms with E-state index in [1.165, 1.54) is 0 Å². The Kier molecular flexibility index (Phi) is 5.17. The summed E-state index contributed by atoms with van der Waals surface area (Å²) in [5.74, 6) is -9.58. The lowest BCUT2D eigenvalue weighted by Crippen LogP contribution is -2.43. The van der Waals surface area contributed by atoms with E-state index in [0.29, 0.717) is 6.42 Å². The van der Waals surface area contributed by atoms with Crippen molar-refractivity contribution in [1.82, 2.24) is 0 Å². The molecule has 2 saturated carbocycles. The van der Waals surface area contributed by atoms with Gasteiger partial charge in [-0.25, -0.2) is 4.79 Å². The van der Waals surface area contributed by atoms with Crippen LogP contribution < -0.4 is 0 Å². The predicted molar refractivity (Wildman–Crippen MR) is 79.5 cm³/mol. The lowest BCUT2D eigenvalue weighted by atomic mass is 9.78. The molecule has 2 bridgehead atoms. The number of carbonyl (C=O) groups excluding carboxylic acids is 3. The Morgan fingerprint density at radius 2 is 1.93 bits per heavy atom. The normalized spacial score (nSPS) is 34.5. The van der Waals surface area contributed by atoms with Gasteiger partial charge < -0.3 is 9.47 Å². The molecule has 152 valence electrons. The first-order valence-electron chi connectivity index (χ1n) is 8.09. The Labute approximate surface area is 158 Å². The summed E-state index contributed by atoms with van der Waals surface area (Å²) in [6.07, 6.45) is -2.59. The Hall–Kier alpha value is -1.43. The van der Waals surface area contributed by atoms with Gasteiger partial charge in [-0.3, -0.25) is 14.5 Å². The van der Waals surface area contributed by atoms with Gasteiger partial charge in [0.2, 0.25) is 0 Å². The molecule has 0 aromatic carbocycles. The van der Waals surface area contributed by atoms with E-state index in [4.69, 9.17) is 14.4 Å². The lowest BCUT2D eigenvalue weighted by Gasteiger charge is -2.29. The van der Waals surface area contributed by atoms with Gasteiger partial charge in [0.1, 0.15) is 12.2 Å². The highest BCUT2D eigenvalue weighted by molar-refractivity contribution is 9.10.